The minimum absolute atomic E-state index is 0.183. The van der Waals surface area contributed by atoms with Crippen molar-refractivity contribution in [3.05, 3.63) is 63.6 Å². The summed E-state index contributed by atoms with van der Waals surface area (Å²) in [6, 6.07) is 11.7. The Labute approximate surface area is 147 Å². The zero-order chi connectivity index (χ0) is 17.1. The molecule has 0 radical (unpaired) electrons. The molecule has 1 heterocycles. The van der Waals surface area contributed by atoms with Gasteiger partial charge in [-0.05, 0) is 48.6 Å². The highest BCUT2D eigenvalue weighted by Gasteiger charge is 2.09. The first-order valence-electron chi connectivity index (χ1n) is 6.90. The van der Waals surface area contributed by atoms with Crippen LogP contribution in [-0.2, 0) is 0 Å². The zero-order valence-electron chi connectivity index (χ0n) is 12.5. The lowest BCUT2D eigenvalue weighted by Crippen LogP contribution is -1.97. The van der Waals surface area contributed by atoms with E-state index in [-0.39, 0.29) is 15.4 Å². The maximum Gasteiger partial charge on any atom is 0.216 e. The summed E-state index contributed by atoms with van der Waals surface area (Å²) in [6.07, 6.45) is 1.32. The van der Waals surface area contributed by atoms with Gasteiger partial charge in [-0.2, -0.15) is 14.9 Å². The Morgan fingerprint density at radius 1 is 1.29 bits per heavy atom. The molecule has 0 bridgehead atoms. The lowest BCUT2D eigenvalue weighted by molar-refractivity contribution is 0.415. The van der Waals surface area contributed by atoms with Gasteiger partial charge in [0.05, 0.1) is 18.3 Å². The largest absolute Gasteiger partial charge is 0.497 e. The predicted octanol–water partition coefficient (Wildman–Crippen LogP) is 4.29. The number of methoxy groups -OCH3 is 1. The molecular formula is C16H12ClFN4OS. The van der Waals surface area contributed by atoms with E-state index in [1.807, 2.05) is 12.1 Å². The molecule has 0 fully saturated rings. The molecule has 0 amide bonds. The van der Waals surface area contributed by atoms with E-state index < -0.39 is 5.82 Å². The summed E-state index contributed by atoms with van der Waals surface area (Å²) in [5, 5.41) is 11.3. The number of aromatic amines is 1. The van der Waals surface area contributed by atoms with Crippen LogP contribution in [0, 0.1) is 10.6 Å². The van der Waals surface area contributed by atoms with Crippen LogP contribution in [0.15, 0.2) is 47.6 Å². The average molecular weight is 363 g/mol. The molecule has 1 aromatic heterocycles. The van der Waals surface area contributed by atoms with Gasteiger partial charge in [-0.3, -0.25) is 0 Å². The summed E-state index contributed by atoms with van der Waals surface area (Å²) in [5.41, 5.74) is 0.961. The second-order valence-electron chi connectivity index (χ2n) is 4.77. The summed E-state index contributed by atoms with van der Waals surface area (Å²) in [6.45, 7) is 0. The minimum atomic E-state index is -0.465. The Hall–Kier alpha value is -2.51. The number of hydrogen-bond acceptors (Lipinski definition) is 4. The van der Waals surface area contributed by atoms with Gasteiger partial charge in [-0.25, -0.2) is 9.49 Å². The predicted molar refractivity (Wildman–Crippen MR) is 93.8 cm³/mol. The van der Waals surface area contributed by atoms with Gasteiger partial charge in [0.25, 0.3) is 0 Å². The van der Waals surface area contributed by atoms with Gasteiger partial charge in [0, 0.05) is 11.1 Å². The van der Waals surface area contributed by atoms with Crippen LogP contribution in [0.5, 0.6) is 5.75 Å². The number of rotatable bonds is 4. The van der Waals surface area contributed by atoms with Crippen LogP contribution in [0.25, 0.3) is 11.4 Å². The maximum atomic E-state index is 13.8. The number of nitrogens with zero attached hydrogens (tertiary/aromatic N) is 3. The SMILES string of the molecule is COc1ccc(-c2n[nH]c(=S)n2/N=C/c2c(F)cccc2Cl)cc1. The highest BCUT2D eigenvalue weighted by molar-refractivity contribution is 7.71. The fourth-order valence-electron chi connectivity index (χ4n) is 2.08. The van der Waals surface area contributed by atoms with E-state index in [0.29, 0.717) is 5.82 Å². The van der Waals surface area contributed by atoms with Crippen LogP contribution in [0.1, 0.15) is 5.56 Å². The summed E-state index contributed by atoms with van der Waals surface area (Å²) in [4.78, 5) is 0. The van der Waals surface area contributed by atoms with Crippen LogP contribution in [0.3, 0.4) is 0 Å². The van der Waals surface area contributed by atoms with Crippen molar-refractivity contribution in [3.8, 4) is 17.1 Å². The van der Waals surface area contributed by atoms with Crippen LogP contribution < -0.4 is 4.74 Å². The number of H-pyrrole nitrogens is 1. The van der Waals surface area contributed by atoms with E-state index >= 15 is 0 Å². The number of aromatic nitrogens is 3. The van der Waals surface area contributed by atoms with Crippen molar-refractivity contribution in [3.63, 3.8) is 0 Å². The first-order valence-corrected chi connectivity index (χ1v) is 7.69. The van der Waals surface area contributed by atoms with E-state index in [1.54, 1.807) is 25.3 Å². The molecule has 3 aromatic rings. The van der Waals surface area contributed by atoms with Crippen LogP contribution in [0.4, 0.5) is 4.39 Å². The minimum Gasteiger partial charge on any atom is -0.497 e. The monoisotopic (exact) mass is 362 g/mol. The summed E-state index contributed by atoms with van der Waals surface area (Å²) in [5.74, 6) is 0.750. The first kappa shape index (κ1) is 16.4. The molecule has 2 aromatic carbocycles. The zero-order valence-corrected chi connectivity index (χ0v) is 14.1. The molecule has 0 unspecified atom stereocenters. The van der Waals surface area contributed by atoms with Crippen molar-refractivity contribution in [2.45, 2.75) is 0 Å². The maximum absolute atomic E-state index is 13.8. The van der Waals surface area contributed by atoms with Crippen molar-refractivity contribution in [1.29, 1.82) is 0 Å². The van der Waals surface area contributed by atoms with Gasteiger partial charge in [0.1, 0.15) is 11.6 Å². The number of benzene rings is 2. The molecule has 0 aliphatic rings. The van der Waals surface area contributed by atoms with Gasteiger partial charge in [0.15, 0.2) is 5.82 Å². The fraction of sp³-hybridized carbons (Fsp3) is 0.0625. The molecule has 0 atom stereocenters. The summed E-state index contributed by atoms with van der Waals surface area (Å²) >= 11 is 11.2. The molecule has 24 heavy (non-hydrogen) atoms. The third kappa shape index (κ3) is 3.22. The van der Waals surface area contributed by atoms with Gasteiger partial charge in [0.2, 0.25) is 4.77 Å². The smallest absolute Gasteiger partial charge is 0.216 e. The molecule has 0 spiro atoms. The van der Waals surface area contributed by atoms with Gasteiger partial charge in [-0.1, -0.05) is 17.7 Å². The summed E-state index contributed by atoms with van der Waals surface area (Å²) in [7, 11) is 1.59. The molecule has 122 valence electrons. The Balaban J connectivity index is 2.01. The third-order valence-corrected chi connectivity index (χ3v) is 3.89. The number of nitrogens with one attached hydrogen (secondary N) is 1. The first-order chi connectivity index (χ1) is 11.6. The van der Waals surface area contributed by atoms with E-state index in [9.17, 15) is 4.39 Å². The lowest BCUT2D eigenvalue weighted by Gasteiger charge is -2.03. The van der Waals surface area contributed by atoms with E-state index in [4.69, 9.17) is 28.6 Å². The highest BCUT2D eigenvalue weighted by atomic mass is 35.5. The van der Waals surface area contributed by atoms with Crippen molar-refractivity contribution in [1.82, 2.24) is 14.9 Å². The Bertz CT molecular complexity index is 929. The van der Waals surface area contributed by atoms with Crippen LogP contribution in [-0.4, -0.2) is 28.2 Å². The highest BCUT2D eigenvalue weighted by Crippen LogP contribution is 2.21. The quantitative estimate of drug-likeness (QED) is 0.556. The van der Waals surface area contributed by atoms with Crippen LogP contribution in [0.2, 0.25) is 5.02 Å². The standard InChI is InChI=1S/C16H12ClFN4OS/c1-23-11-7-5-10(6-8-11)15-20-21-16(24)22(15)19-9-12-13(17)3-2-4-14(12)18/h2-9H,1H3,(H,21,24)/b19-9+. The Morgan fingerprint density at radius 2 is 2.04 bits per heavy atom. The summed E-state index contributed by atoms with van der Waals surface area (Å²) < 4.78 is 20.7. The lowest BCUT2D eigenvalue weighted by atomic mass is 10.2. The Morgan fingerprint density at radius 3 is 2.71 bits per heavy atom. The second kappa shape index (κ2) is 6.94. The topological polar surface area (TPSA) is 55.2 Å². The van der Waals surface area contributed by atoms with Crippen molar-refractivity contribution < 1.29 is 9.13 Å². The molecule has 0 aliphatic carbocycles. The molecule has 3 rings (SSSR count). The molecule has 8 heteroatoms. The molecule has 0 aliphatic heterocycles. The number of ether oxygens (including phenoxy) is 1. The molecule has 0 saturated carbocycles. The molecular weight excluding hydrogens is 351 g/mol. The fourth-order valence-corrected chi connectivity index (χ4v) is 2.47. The van der Waals surface area contributed by atoms with Gasteiger partial charge >= 0.3 is 0 Å². The molecule has 0 saturated heterocycles. The van der Waals surface area contributed by atoms with E-state index in [1.165, 1.54) is 23.0 Å². The Kier molecular flexibility index (Phi) is 4.73. The second-order valence-corrected chi connectivity index (χ2v) is 5.57. The van der Waals surface area contributed by atoms with E-state index in [2.05, 4.69) is 15.3 Å². The number of halogens is 2. The van der Waals surface area contributed by atoms with Gasteiger partial charge in [-0.15, -0.1) is 0 Å². The third-order valence-electron chi connectivity index (χ3n) is 3.30. The van der Waals surface area contributed by atoms with Crippen molar-refractivity contribution in [2.24, 2.45) is 5.10 Å². The normalized spacial score (nSPS) is 11.1. The molecule has 5 nitrogen and oxygen atoms in total. The van der Waals surface area contributed by atoms with Crippen LogP contribution >= 0.6 is 23.8 Å². The van der Waals surface area contributed by atoms with Gasteiger partial charge < -0.3 is 4.74 Å². The van der Waals surface area contributed by atoms with E-state index in [0.717, 1.165) is 11.3 Å². The van der Waals surface area contributed by atoms with Crippen molar-refractivity contribution in [2.75, 3.05) is 7.11 Å². The van der Waals surface area contributed by atoms with Crippen molar-refractivity contribution >= 4 is 30.0 Å². The molecule has 1 N–H and O–H groups in total. The number of hydrogen-bond donors (Lipinski definition) is 1. The average Bonchev–Trinajstić information content (AvgIpc) is 2.95.